The number of esters is 1. The van der Waals surface area contributed by atoms with Gasteiger partial charge in [0.15, 0.2) is 17.2 Å². The van der Waals surface area contributed by atoms with Crippen LogP contribution in [0.5, 0.6) is 17.2 Å². The Hall–Kier alpha value is -3.49. The summed E-state index contributed by atoms with van der Waals surface area (Å²) in [6.45, 7) is 9.55. The standard InChI is InChI=1S/C15H20Cl2O3.C7H8N2O3.C7H8/c1-5-14(18)19-10(2)9-15(3,4)20-13-7-6-11(16)8-12(13)17;1-12-4-2-3-9-5(6(4)10)7(8)11;1-7-5-3-2-4-6-7/h6-8,10H,5,9H2,1-4H3;2-3,10H,1H3,(H2,8,11);2-6H,1H3. The topological polar surface area (TPSA) is 121 Å². The number of rotatable bonds is 8. The molecule has 10 heteroatoms. The molecule has 0 saturated heterocycles. The van der Waals surface area contributed by atoms with Gasteiger partial charge >= 0.3 is 5.97 Å². The van der Waals surface area contributed by atoms with Crippen molar-refractivity contribution in [2.45, 2.75) is 59.2 Å². The molecule has 0 aliphatic heterocycles. The average molecular weight is 580 g/mol. The van der Waals surface area contributed by atoms with Crippen LogP contribution in [0.3, 0.4) is 0 Å². The molecular weight excluding hydrogens is 543 g/mol. The lowest BCUT2D eigenvalue weighted by atomic mass is 10.0. The zero-order valence-corrected chi connectivity index (χ0v) is 24.5. The number of methoxy groups -OCH3 is 1. The number of primary amides is 1. The summed E-state index contributed by atoms with van der Waals surface area (Å²) in [5, 5.41) is 10.3. The Labute approximate surface area is 240 Å². The second-order valence-corrected chi connectivity index (χ2v) is 9.87. The minimum Gasteiger partial charge on any atom is -0.503 e. The van der Waals surface area contributed by atoms with E-state index in [2.05, 4.69) is 24.0 Å². The van der Waals surface area contributed by atoms with E-state index in [1.807, 2.05) is 39.0 Å². The first-order chi connectivity index (χ1) is 18.3. The molecular formula is C29H36Cl2N2O6. The largest absolute Gasteiger partial charge is 0.503 e. The number of halogens is 2. The minimum atomic E-state index is -0.786. The first-order valence-corrected chi connectivity index (χ1v) is 12.9. The predicted octanol–water partition coefficient (Wildman–Crippen LogP) is 6.77. The highest BCUT2D eigenvalue weighted by Gasteiger charge is 2.26. The summed E-state index contributed by atoms with van der Waals surface area (Å²) in [6, 6.07) is 16.8. The third-order valence-electron chi connectivity index (χ3n) is 4.96. The summed E-state index contributed by atoms with van der Waals surface area (Å²) in [5.41, 5.74) is 5.55. The fourth-order valence-corrected chi connectivity index (χ4v) is 3.70. The smallest absolute Gasteiger partial charge is 0.305 e. The van der Waals surface area contributed by atoms with Crippen LogP contribution in [0.25, 0.3) is 0 Å². The second-order valence-electron chi connectivity index (χ2n) is 9.02. The SMILES string of the molecule is CCC(=O)OC(C)CC(C)(C)Oc1ccc(Cl)cc1Cl.COc1ccnc(C(N)=O)c1O.Cc1ccccc1. The maximum Gasteiger partial charge on any atom is 0.305 e. The molecule has 39 heavy (non-hydrogen) atoms. The van der Waals surface area contributed by atoms with Gasteiger partial charge in [0, 0.05) is 30.1 Å². The number of amides is 1. The molecule has 0 aliphatic carbocycles. The van der Waals surface area contributed by atoms with Gasteiger partial charge < -0.3 is 25.1 Å². The number of carbonyl (C=O) groups excluding carboxylic acids is 2. The maximum absolute atomic E-state index is 11.3. The van der Waals surface area contributed by atoms with Crippen molar-refractivity contribution in [1.82, 2.24) is 4.98 Å². The Morgan fingerprint density at radius 3 is 2.21 bits per heavy atom. The summed E-state index contributed by atoms with van der Waals surface area (Å²) in [4.78, 5) is 25.5. The van der Waals surface area contributed by atoms with Crippen LogP contribution in [-0.2, 0) is 9.53 Å². The fraction of sp³-hybridized carbons (Fsp3) is 0.345. The van der Waals surface area contributed by atoms with Gasteiger partial charge in [-0.05, 0) is 45.9 Å². The van der Waals surface area contributed by atoms with E-state index in [0.717, 1.165) is 0 Å². The lowest BCUT2D eigenvalue weighted by molar-refractivity contribution is -0.149. The Morgan fingerprint density at radius 2 is 1.72 bits per heavy atom. The summed E-state index contributed by atoms with van der Waals surface area (Å²) in [5.74, 6) is -0.578. The van der Waals surface area contributed by atoms with E-state index >= 15 is 0 Å². The molecule has 2 aromatic carbocycles. The second kappa shape index (κ2) is 16.5. The molecule has 3 rings (SSSR count). The van der Waals surface area contributed by atoms with E-state index in [1.54, 1.807) is 25.1 Å². The van der Waals surface area contributed by atoms with Gasteiger partial charge in [0.2, 0.25) is 0 Å². The first kappa shape index (κ1) is 33.5. The number of aromatic hydroxyl groups is 1. The van der Waals surface area contributed by atoms with Gasteiger partial charge in [-0.1, -0.05) is 66.0 Å². The lowest BCUT2D eigenvalue weighted by Crippen LogP contribution is -2.34. The van der Waals surface area contributed by atoms with Crippen molar-refractivity contribution < 1.29 is 28.9 Å². The normalized spacial score (nSPS) is 11.1. The number of pyridine rings is 1. The van der Waals surface area contributed by atoms with E-state index in [4.69, 9.17) is 43.1 Å². The summed E-state index contributed by atoms with van der Waals surface area (Å²) >= 11 is 11.9. The molecule has 212 valence electrons. The highest BCUT2D eigenvalue weighted by Crippen LogP contribution is 2.32. The van der Waals surface area contributed by atoms with Gasteiger partial charge in [-0.25, -0.2) is 4.98 Å². The van der Waals surface area contributed by atoms with Crippen molar-refractivity contribution in [2.75, 3.05) is 7.11 Å². The Morgan fingerprint density at radius 1 is 1.08 bits per heavy atom. The highest BCUT2D eigenvalue weighted by atomic mass is 35.5. The maximum atomic E-state index is 11.3. The van der Waals surface area contributed by atoms with Gasteiger partial charge in [0.05, 0.1) is 12.1 Å². The average Bonchev–Trinajstić information content (AvgIpc) is 2.86. The van der Waals surface area contributed by atoms with Crippen LogP contribution in [0.4, 0.5) is 0 Å². The predicted molar refractivity (Wildman–Crippen MR) is 154 cm³/mol. The molecule has 0 fully saturated rings. The molecule has 1 amide bonds. The zero-order valence-electron chi connectivity index (χ0n) is 23.0. The number of benzene rings is 2. The quantitative estimate of drug-likeness (QED) is 0.283. The number of carbonyl (C=O) groups is 2. The van der Waals surface area contributed by atoms with E-state index in [0.29, 0.717) is 28.6 Å². The number of aromatic nitrogens is 1. The summed E-state index contributed by atoms with van der Waals surface area (Å²) in [6.07, 6.45) is 2.05. The number of hydrogen-bond acceptors (Lipinski definition) is 7. The molecule has 3 aromatic rings. The third kappa shape index (κ3) is 12.7. The Kier molecular flexibility index (Phi) is 14.2. The van der Waals surface area contributed by atoms with E-state index in [-0.39, 0.29) is 29.3 Å². The van der Waals surface area contributed by atoms with Gasteiger partial charge in [0.1, 0.15) is 17.5 Å². The number of ether oxygens (including phenoxy) is 3. The van der Waals surface area contributed by atoms with E-state index in [1.165, 1.54) is 24.9 Å². The fourth-order valence-electron chi connectivity index (χ4n) is 3.25. The molecule has 8 nitrogen and oxygen atoms in total. The van der Waals surface area contributed by atoms with Crippen LogP contribution < -0.4 is 15.2 Å². The van der Waals surface area contributed by atoms with E-state index in [9.17, 15) is 14.7 Å². The van der Waals surface area contributed by atoms with Crippen molar-refractivity contribution >= 4 is 35.1 Å². The molecule has 1 aromatic heterocycles. The summed E-state index contributed by atoms with van der Waals surface area (Å²) < 4.78 is 15.9. The molecule has 0 radical (unpaired) electrons. The highest BCUT2D eigenvalue weighted by molar-refractivity contribution is 6.35. The van der Waals surface area contributed by atoms with Gasteiger partial charge in [0.25, 0.3) is 5.91 Å². The molecule has 1 heterocycles. The number of nitrogens with two attached hydrogens (primary N) is 1. The minimum absolute atomic E-state index is 0.179. The van der Waals surface area contributed by atoms with Crippen molar-refractivity contribution in [3.05, 3.63) is 82.1 Å². The third-order valence-corrected chi connectivity index (χ3v) is 5.49. The monoisotopic (exact) mass is 578 g/mol. The Bertz CT molecular complexity index is 1210. The van der Waals surface area contributed by atoms with Crippen LogP contribution in [0.2, 0.25) is 10.0 Å². The molecule has 0 aliphatic rings. The summed E-state index contributed by atoms with van der Waals surface area (Å²) in [7, 11) is 1.37. The number of hydrogen-bond donors (Lipinski definition) is 2. The molecule has 1 atom stereocenters. The van der Waals surface area contributed by atoms with Gasteiger partial charge in [-0.15, -0.1) is 0 Å². The molecule has 0 spiro atoms. The molecule has 1 unspecified atom stereocenters. The Balaban J connectivity index is 0.000000335. The molecule has 3 N–H and O–H groups in total. The van der Waals surface area contributed by atoms with Crippen LogP contribution in [0.15, 0.2) is 60.8 Å². The van der Waals surface area contributed by atoms with E-state index < -0.39 is 11.5 Å². The molecule has 0 saturated carbocycles. The van der Waals surface area contributed by atoms with Crippen molar-refractivity contribution in [3.8, 4) is 17.2 Å². The van der Waals surface area contributed by atoms with Crippen molar-refractivity contribution in [1.29, 1.82) is 0 Å². The first-order valence-electron chi connectivity index (χ1n) is 12.2. The van der Waals surface area contributed by atoms with Crippen LogP contribution in [0.1, 0.15) is 56.6 Å². The van der Waals surface area contributed by atoms with Crippen molar-refractivity contribution in [3.63, 3.8) is 0 Å². The van der Waals surface area contributed by atoms with Crippen molar-refractivity contribution in [2.24, 2.45) is 5.73 Å². The van der Waals surface area contributed by atoms with Gasteiger partial charge in [-0.2, -0.15) is 0 Å². The number of nitrogens with zero attached hydrogens (tertiary/aromatic N) is 1. The van der Waals surface area contributed by atoms with Gasteiger partial charge in [-0.3, -0.25) is 9.59 Å². The number of aryl methyl sites for hydroxylation is 1. The lowest BCUT2D eigenvalue weighted by Gasteiger charge is -2.29. The molecule has 0 bridgehead atoms. The van der Waals surface area contributed by atoms with Crippen LogP contribution in [-0.4, -0.2) is 40.8 Å². The van der Waals surface area contributed by atoms with Crippen LogP contribution in [0, 0.1) is 6.92 Å². The zero-order chi connectivity index (χ0) is 29.6. The van der Waals surface area contributed by atoms with Crippen LogP contribution >= 0.6 is 23.2 Å².